The van der Waals surface area contributed by atoms with E-state index in [1.165, 1.54) is 0 Å². The van der Waals surface area contributed by atoms with Crippen LogP contribution in [0, 0.1) is 0 Å². The fourth-order valence-corrected chi connectivity index (χ4v) is 3.68. The Labute approximate surface area is 173 Å². The molecule has 154 valence electrons. The Kier molecular flexibility index (Phi) is 6.26. The van der Waals surface area contributed by atoms with Crippen molar-refractivity contribution >= 4 is 33.7 Å². The number of amides is 2. The van der Waals surface area contributed by atoms with Crippen LogP contribution in [0.25, 0.3) is 0 Å². The van der Waals surface area contributed by atoms with Crippen molar-refractivity contribution in [2.75, 3.05) is 44.6 Å². The van der Waals surface area contributed by atoms with Crippen LogP contribution in [0.4, 0.5) is 10.6 Å². The van der Waals surface area contributed by atoms with Gasteiger partial charge in [-0.2, -0.15) is 0 Å². The van der Waals surface area contributed by atoms with Crippen molar-refractivity contribution in [2.45, 2.75) is 38.4 Å². The minimum atomic E-state index is -0.504. The first-order valence-corrected chi connectivity index (χ1v) is 10.2. The number of carbonyl (C=O) groups excluding carboxylic acids is 2. The molecule has 1 aromatic heterocycles. The number of nitrogens with one attached hydrogen (secondary N) is 1. The second-order valence-electron chi connectivity index (χ2n) is 8.30. The van der Waals surface area contributed by atoms with Crippen molar-refractivity contribution in [1.82, 2.24) is 14.8 Å². The van der Waals surface area contributed by atoms with E-state index in [-0.39, 0.29) is 17.6 Å². The average molecular weight is 455 g/mol. The number of carbonyl (C=O) groups is 2. The van der Waals surface area contributed by atoms with E-state index < -0.39 is 5.60 Å². The molecule has 2 aliphatic heterocycles. The van der Waals surface area contributed by atoms with Gasteiger partial charge in [0.05, 0.1) is 19.7 Å². The number of halogens is 1. The minimum absolute atomic E-state index is 0.0740. The van der Waals surface area contributed by atoms with Crippen LogP contribution in [0.15, 0.2) is 22.8 Å². The zero-order valence-electron chi connectivity index (χ0n) is 16.5. The van der Waals surface area contributed by atoms with E-state index in [9.17, 15) is 9.59 Å². The number of rotatable bonds is 4. The van der Waals surface area contributed by atoms with Crippen LogP contribution < -0.4 is 5.32 Å². The van der Waals surface area contributed by atoms with E-state index in [0.29, 0.717) is 45.0 Å². The molecule has 1 aromatic rings. The van der Waals surface area contributed by atoms with Gasteiger partial charge in [0.15, 0.2) is 0 Å². The van der Waals surface area contributed by atoms with Gasteiger partial charge in [0.2, 0.25) is 5.91 Å². The molecule has 9 heteroatoms. The van der Waals surface area contributed by atoms with Crippen LogP contribution in [0.1, 0.15) is 27.2 Å². The fraction of sp³-hybridized carbons (Fsp3) is 0.632. The lowest BCUT2D eigenvalue weighted by Crippen LogP contribution is -2.71. The van der Waals surface area contributed by atoms with Crippen LogP contribution in [-0.2, 0) is 14.3 Å². The zero-order chi connectivity index (χ0) is 20.4. The summed E-state index contributed by atoms with van der Waals surface area (Å²) in [4.78, 5) is 32.3. The highest BCUT2D eigenvalue weighted by atomic mass is 79.9. The van der Waals surface area contributed by atoms with E-state index in [0.717, 1.165) is 11.0 Å². The molecule has 0 saturated carbocycles. The number of morpholine rings is 1. The molecule has 3 heterocycles. The Hall–Kier alpha value is -1.71. The van der Waals surface area contributed by atoms with E-state index >= 15 is 0 Å². The van der Waals surface area contributed by atoms with Crippen molar-refractivity contribution in [3.63, 3.8) is 0 Å². The Morgan fingerprint density at radius 3 is 2.79 bits per heavy atom. The maximum Gasteiger partial charge on any atom is 0.410 e. The third kappa shape index (κ3) is 5.65. The van der Waals surface area contributed by atoms with Gasteiger partial charge in [-0.05, 0) is 32.9 Å². The molecule has 2 fully saturated rings. The van der Waals surface area contributed by atoms with Crippen LogP contribution >= 0.6 is 15.9 Å². The maximum atomic E-state index is 12.2. The summed E-state index contributed by atoms with van der Waals surface area (Å²) in [6.07, 6.45) is 1.71. The molecule has 2 amide bonds. The normalized spacial score (nSPS) is 19.2. The summed E-state index contributed by atoms with van der Waals surface area (Å²) in [5.41, 5.74) is -0.854. The third-order valence-electron chi connectivity index (χ3n) is 4.58. The number of anilines is 1. The van der Waals surface area contributed by atoms with Crippen LogP contribution in [0.5, 0.6) is 0 Å². The number of hydrogen-bond acceptors (Lipinski definition) is 6. The van der Waals surface area contributed by atoms with Crippen molar-refractivity contribution < 1.29 is 19.1 Å². The van der Waals surface area contributed by atoms with E-state index in [4.69, 9.17) is 9.47 Å². The number of likely N-dealkylation sites (tertiary alicyclic amines) is 1. The molecular formula is C19H27BrN4O4. The van der Waals surface area contributed by atoms with Crippen molar-refractivity contribution in [3.8, 4) is 0 Å². The van der Waals surface area contributed by atoms with Gasteiger partial charge in [0.1, 0.15) is 17.0 Å². The summed E-state index contributed by atoms with van der Waals surface area (Å²) in [5.74, 6) is 0.458. The molecule has 1 N–H and O–H groups in total. The SMILES string of the molecule is CC(C)(C)OC(=O)N1CC2(CN(CCC(=O)Nc3cc(Br)ccn3)CCO2)C1. The van der Waals surface area contributed by atoms with Gasteiger partial charge in [-0.3, -0.25) is 9.69 Å². The van der Waals surface area contributed by atoms with Gasteiger partial charge in [0.25, 0.3) is 0 Å². The monoisotopic (exact) mass is 454 g/mol. The summed E-state index contributed by atoms with van der Waals surface area (Å²) >= 11 is 3.36. The van der Waals surface area contributed by atoms with Crippen LogP contribution in [-0.4, -0.2) is 77.3 Å². The van der Waals surface area contributed by atoms with Gasteiger partial charge in [-0.15, -0.1) is 0 Å². The molecule has 0 aromatic carbocycles. The number of nitrogens with zero attached hydrogens (tertiary/aromatic N) is 3. The Morgan fingerprint density at radius 1 is 1.36 bits per heavy atom. The number of hydrogen-bond donors (Lipinski definition) is 1. The van der Waals surface area contributed by atoms with E-state index in [2.05, 4.69) is 31.1 Å². The third-order valence-corrected chi connectivity index (χ3v) is 5.08. The first-order chi connectivity index (χ1) is 13.1. The van der Waals surface area contributed by atoms with Crippen molar-refractivity contribution in [1.29, 1.82) is 0 Å². The van der Waals surface area contributed by atoms with Gasteiger partial charge >= 0.3 is 6.09 Å². The molecule has 0 unspecified atom stereocenters. The van der Waals surface area contributed by atoms with E-state index in [1.54, 1.807) is 17.2 Å². The van der Waals surface area contributed by atoms with Gasteiger partial charge < -0.3 is 19.7 Å². The molecule has 8 nitrogen and oxygen atoms in total. The molecule has 3 rings (SSSR count). The second-order valence-corrected chi connectivity index (χ2v) is 9.22. The van der Waals surface area contributed by atoms with Gasteiger partial charge in [-0.1, -0.05) is 15.9 Å². The number of aromatic nitrogens is 1. The molecule has 1 spiro atoms. The molecule has 0 radical (unpaired) electrons. The quantitative estimate of drug-likeness (QED) is 0.751. The number of pyridine rings is 1. The molecule has 2 saturated heterocycles. The second kappa shape index (κ2) is 8.34. The molecule has 0 bridgehead atoms. The molecular weight excluding hydrogens is 428 g/mol. The Morgan fingerprint density at radius 2 is 2.11 bits per heavy atom. The van der Waals surface area contributed by atoms with Crippen LogP contribution in [0.2, 0.25) is 0 Å². The lowest BCUT2D eigenvalue weighted by molar-refractivity contribution is -0.178. The molecule has 28 heavy (non-hydrogen) atoms. The summed E-state index contributed by atoms with van der Waals surface area (Å²) < 4.78 is 12.2. The summed E-state index contributed by atoms with van der Waals surface area (Å²) in [6, 6.07) is 3.57. The maximum absolute atomic E-state index is 12.2. The first-order valence-electron chi connectivity index (χ1n) is 9.40. The lowest BCUT2D eigenvalue weighted by atomic mass is 9.92. The van der Waals surface area contributed by atoms with Crippen molar-refractivity contribution in [2.24, 2.45) is 0 Å². The first kappa shape index (κ1) is 21.0. The summed E-state index contributed by atoms with van der Waals surface area (Å²) in [6.45, 7) is 9.31. The van der Waals surface area contributed by atoms with Gasteiger partial charge in [0, 0.05) is 36.7 Å². The highest BCUT2D eigenvalue weighted by molar-refractivity contribution is 9.10. The fourth-order valence-electron chi connectivity index (χ4n) is 3.35. The predicted octanol–water partition coefficient (Wildman–Crippen LogP) is 2.49. The number of ether oxygens (including phenoxy) is 2. The average Bonchev–Trinajstić information content (AvgIpc) is 2.56. The largest absolute Gasteiger partial charge is 0.444 e. The predicted molar refractivity (Wildman–Crippen MR) is 108 cm³/mol. The standard InChI is InChI=1S/C19H27BrN4O4/c1-18(2,3)28-17(26)24-12-19(13-24)11-23(8-9-27-19)7-5-16(25)22-15-10-14(20)4-6-21-15/h4,6,10H,5,7-9,11-13H2,1-3H3,(H,21,22,25). The van der Waals surface area contributed by atoms with Crippen LogP contribution in [0.3, 0.4) is 0 Å². The minimum Gasteiger partial charge on any atom is -0.444 e. The highest BCUT2D eigenvalue weighted by Crippen LogP contribution is 2.30. The summed E-state index contributed by atoms with van der Waals surface area (Å²) in [7, 11) is 0. The Balaban J connectivity index is 1.43. The molecule has 0 aliphatic carbocycles. The molecule has 0 atom stereocenters. The smallest absolute Gasteiger partial charge is 0.410 e. The zero-order valence-corrected chi connectivity index (χ0v) is 18.1. The topological polar surface area (TPSA) is 84.0 Å². The lowest BCUT2D eigenvalue weighted by Gasteiger charge is -2.53. The van der Waals surface area contributed by atoms with Gasteiger partial charge in [-0.25, -0.2) is 9.78 Å². The Bertz CT molecular complexity index is 731. The molecule has 2 aliphatic rings. The van der Waals surface area contributed by atoms with Crippen molar-refractivity contribution in [3.05, 3.63) is 22.8 Å². The highest BCUT2D eigenvalue weighted by Gasteiger charge is 2.50. The van der Waals surface area contributed by atoms with E-state index in [1.807, 2.05) is 26.8 Å². The summed E-state index contributed by atoms with van der Waals surface area (Å²) in [5, 5.41) is 2.81.